The highest BCUT2D eigenvalue weighted by Gasteiger charge is 2.28. The maximum absolute atomic E-state index is 12.6. The first kappa shape index (κ1) is 20.6. The molecule has 0 aromatic heterocycles. The zero-order chi connectivity index (χ0) is 20.0. The second kappa shape index (κ2) is 9.34. The van der Waals surface area contributed by atoms with Gasteiger partial charge in [-0.05, 0) is 56.2 Å². The predicted molar refractivity (Wildman–Crippen MR) is 110 cm³/mol. The minimum Gasteiger partial charge on any atom is -0.349 e. The Bertz CT molecular complexity index is 861. The molecule has 28 heavy (non-hydrogen) atoms. The van der Waals surface area contributed by atoms with E-state index < -0.39 is 10.0 Å². The summed E-state index contributed by atoms with van der Waals surface area (Å²) in [7, 11) is -3.47. The van der Waals surface area contributed by atoms with Gasteiger partial charge in [0.25, 0.3) is 0 Å². The fourth-order valence-corrected chi connectivity index (χ4v) is 4.83. The maximum Gasteiger partial charge on any atom is 0.240 e. The molecule has 0 heterocycles. The highest BCUT2D eigenvalue weighted by molar-refractivity contribution is 7.89. The number of hydrogen-bond acceptors (Lipinski definition) is 3. The van der Waals surface area contributed by atoms with Gasteiger partial charge in [0.15, 0.2) is 0 Å². The van der Waals surface area contributed by atoms with Crippen molar-refractivity contribution in [1.82, 2.24) is 10.0 Å². The topological polar surface area (TPSA) is 75.3 Å². The van der Waals surface area contributed by atoms with Gasteiger partial charge in [-0.15, -0.1) is 0 Å². The van der Waals surface area contributed by atoms with Crippen LogP contribution in [0.5, 0.6) is 0 Å². The van der Waals surface area contributed by atoms with Crippen molar-refractivity contribution in [3.63, 3.8) is 0 Å². The Hall–Kier alpha value is -2.18. The molecule has 0 radical (unpaired) electrons. The van der Waals surface area contributed by atoms with Crippen molar-refractivity contribution >= 4 is 15.9 Å². The maximum atomic E-state index is 12.6. The molecule has 0 unspecified atom stereocenters. The van der Waals surface area contributed by atoms with E-state index in [4.69, 9.17) is 0 Å². The first-order valence-corrected chi connectivity index (χ1v) is 11.3. The Kier molecular flexibility index (Phi) is 6.86. The lowest BCUT2D eigenvalue weighted by Crippen LogP contribution is -2.37. The summed E-state index contributed by atoms with van der Waals surface area (Å²) in [5.41, 5.74) is 1.10. The summed E-state index contributed by atoms with van der Waals surface area (Å²) < 4.78 is 27.4. The van der Waals surface area contributed by atoms with Gasteiger partial charge < -0.3 is 5.32 Å². The van der Waals surface area contributed by atoms with Gasteiger partial charge in [-0.25, -0.2) is 13.1 Å². The van der Waals surface area contributed by atoms with Crippen molar-refractivity contribution in [1.29, 1.82) is 0 Å². The Morgan fingerprint density at radius 3 is 2.14 bits per heavy atom. The van der Waals surface area contributed by atoms with Gasteiger partial charge in [0.1, 0.15) is 0 Å². The van der Waals surface area contributed by atoms with Crippen molar-refractivity contribution < 1.29 is 13.2 Å². The van der Waals surface area contributed by atoms with Crippen molar-refractivity contribution in [2.75, 3.05) is 6.54 Å². The van der Waals surface area contributed by atoms with Crippen LogP contribution in [0.3, 0.4) is 0 Å². The van der Waals surface area contributed by atoms with E-state index in [1.54, 1.807) is 30.3 Å². The van der Waals surface area contributed by atoms with E-state index in [0.717, 1.165) is 31.2 Å². The molecular weight excluding hydrogens is 372 g/mol. The lowest BCUT2D eigenvalue weighted by Gasteiger charge is -2.29. The van der Waals surface area contributed by atoms with Crippen molar-refractivity contribution in [3.8, 4) is 0 Å². The molecule has 1 aliphatic rings. The molecule has 0 spiro atoms. The van der Waals surface area contributed by atoms with E-state index in [1.165, 1.54) is 0 Å². The largest absolute Gasteiger partial charge is 0.349 e. The van der Waals surface area contributed by atoms with Crippen LogP contribution in [0.2, 0.25) is 0 Å². The lowest BCUT2D eigenvalue weighted by atomic mass is 9.81. The molecular formula is C22H28N2O3S. The number of nitrogens with one attached hydrogen (secondary N) is 2. The van der Waals surface area contributed by atoms with Gasteiger partial charge in [0.05, 0.1) is 10.9 Å². The molecule has 0 aliphatic heterocycles. The van der Waals surface area contributed by atoms with Crippen molar-refractivity contribution in [3.05, 3.63) is 66.2 Å². The highest BCUT2D eigenvalue weighted by Crippen LogP contribution is 2.29. The van der Waals surface area contributed by atoms with Crippen molar-refractivity contribution in [2.24, 2.45) is 11.8 Å². The SMILES string of the molecule is C[C@@H](NC(=O)C1CCC(CNS(=O)(=O)c2ccccc2)CC1)c1ccccc1. The molecule has 150 valence electrons. The van der Waals surface area contributed by atoms with Gasteiger partial charge in [-0.2, -0.15) is 0 Å². The van der Waals surface area contributed by atoms with Crippen LogP contribution in [-0.4, -0.2) is 20.9 Å². The highest BCUT2D eigenvalue weighted by atomic mass is 32.2. The third-order valence-corrected chi connectivity index (χ3v) is 6.93. The number of carbonyl (C=O) groups excluding carboxylic acids is 1. The summed E-state index contributed by atoms with van der Waals surface area (Å²) in [5, 5.41) is 3.11. The van der Waals surface area contributed by atoms with Gasteiger partial charge in [-0.3, -0.25) is 4.79 Å². The van der Waals surface area contributed by atoms with E-state index in [2.05, 4.69) is 10.0 Å². The summed E-state index contributed by atoms with van der Waals surface area (Å²) >= 11 is 0. The van der Waals surface area contributed by atoms with E-state index in [0.29, 0.717) is 6.54 Å². The minimum absolute atomic E-state index is 0.00754. The molecule has 1 aliphatic carbocycles. The van der Waals surface area contributed by atoms with Crippen LogP contribution in [0.15, 0.2) is 65.6 Å². The lowest BCUT2D eigenvalue weighted by molar-refractivity contribution is -0.126. The number of hydrogen-bond donors (Lipinski definition) is 2. The number of sulfonamides is 1. The molecule has 3 rings (SSSR count). The van der Waals surface area contributed by atoms with Crippen LogP contribution in [0.25, 0.3) is 0 Å². The fourth-order valence-electron chi connectivity index (χ4n) is 3.70. The number of benzene rings is 2. The summed E-state index contributed by atoms with van der Waals surface area (Å²) in [5.74, 6) is 0.377. The van der Waals surface area contributed by atoms with Crippen LogP contribution in [0.4, 0.5) is 0 Å². The van der Waals surface area contributed by atoms with Gasteiger partial charge in [0, 0.05) is 12.5 Å². The average molecular weight is 401 g/mol. The summed E-state index contributed by atoms with van der Waals surface area (Å²) in [6, 6.07) is 18.3. The second-order valence-electron chi connectivity index (χ2n) is 7.52. The average Bonchev–Trinajstić information content (AvgIpc) is 2.74. The zero-order valence-corrected chi connectivity index (χ0v) is 17.0. The van der Waals surface area contributed by atoms with E-state index in [-0.39, 0.29) is 28.7 Å². The van der Waals surface area contributed by atoms with Crippen LogP contribution < -0.4 is 10.0 Å². The van der Waals surface area contributed by atoms with Crippen LogP contribution in [0.1, 0.15) is 44.2 Å². The molecule has 1 fully saturated rings. The Labute approximate surface area is 167 Å². The molecule has 2 aromatic carbocycles. The second-order valence-corrected chi connectivity index (χ2v) is 9.29. The summed E-state index contributed by atoms with van der Waals surface area (Å²) in [6.07, 6.45) is 3.31. The first-order valence-electron chi connectivity index (χ1n) is 9.86. The van der Waals surface area contributed by atoms with Crippen molar-refractivity contribution in [2.45, 2.75) is 43.5 Å². The smallest absolute Gasteiger partial charge is 0.240 e. The van der Waals surface area contributed by atoms with E-state index >= 15 is 0 Å². The number of carbonyl (C=O) groups is 1. The Morgan fingerprint density at radius 2 is 1.54 bits per heavy atom. The minimum atomic E-state index is -3.47. The molecule has 6 heteroatoms. The first-order chi connectivity index (χ1) is 13.5. The van der Waals surface area contributed by atoms with Gasteiger partial charge in [0.2, 0.25) is 15.9 Å². The molecule has 1 atom stereocenters. The Morgan fingerprint density at radius 1 is 0.964 bits per heavy atom. The normalized spacial score (nSPS) is 21.0. The summed E-state index contributed by atoms with van der Waals surface area (Å²) in [4.78, 5) is 12.9. The summed E-state index contributed by atoms with van der Waals surface area (Å²) in [6.45, 7) is 2.42. The van der Waals surface area contributed by atoms with E-state index in [1.807, 2.05) is 37.3 Å². The third kappa shape index (κ3) is 5.42. The Balaban J connectivity index is 1.45. The van der Waals surface area contributed by atoms with E-state index in [9.17, 15) is 13.2 Å². The van der Waals surface area contributed by atoms with Crippen LogP contribution in [-0.2, 0) is 14.8 Å². The quantitative estimate of drug-likeness (QED) is 0.745. The van der Waals surface area contributed by atoms with Gasteiger partial charge in [-0.1, -0.05) is 48.5 Å². The third-order valence-electron chi connectivity index (χ3n) is 5.49. The van der Waals surface area contributed by atoms with Crippen LogP contribution >= 0.6 is 0 Å². The molecule has 1 amide bonds. The molecule has 2 N–H and O–H groups in total. The molecule has 2 aromatic rings. The fraction of sp³-hybridized carbons (Fsp3) is 0.409. The number of amides is 1. The number of rotatable bonds is 7. The molecule has 1 saturated carbocycles. The molecule has 0 saturated heterocycles. The zero-order valence-electron chi connectivity index (χ0n) is 16.2. The monoisotopic (exact) mass is 400 g/mol. The standard InChI is InChI=1S/C22H28N2O3S/c1-17(19-8-4-2-5-9-19)24-22(25)20-14-12-18(13-15-20)16-23-28(26,27)21-10-6-3-7-11-21/h2-11,17-18,20,23H,12-16H2,1H3,(H,24,25)/t17-,18?,20?/m1/s1. The van der Waals surface area contributed by atoms with Gasteiger partial charge >= 0.3 is 0 Å². The predicted octanol–water partition coefficient (Wildman–Crippen LogP) is 3.65. The van der Waals surface area contributed by atoms with Crippen LogP contribution in [0, 0.1) is 11.8 Å². The molecule has 5 nitrogen and oxygen atoms in total. The molecule has 0 bridgehead atoms.